The van der Waals surface area contributed by atoms with Crippen molar-refractivity contribution in [2.45, 2.75) is 46.0 Å². The first-order valence-electron chi connectivity index (χ1n) is 6.59. The Labute approximate surface area is 113 Å². The molecule has 2 aromatic rings. The van der Waals surface area contributed by atoms with Gasteiger partial charge in [0.25, 0.3) is 0 Å². The number of halogens is 1. The van der Waals surface area contributed by atoms with Crippen molar-refractivity contribution in [2.75, 3.05) is 0 Å². The minimum Gasteiger partial charge on any atom is -0.312 e. The molecule has 4 nitrogen and oxygen atoms in total. The van der Waals surface area contributed by atoms with Gasteiger partial charge in [-0.3, -0.25) is 4.68 Å². The lowest BCUT2D eigenvalue weighted by Gasteiger charge is -2.12. The van der Waals surface area contributed by atoms with Gasteiger partial charge in [-0.05, 0) is 12.3 Å². The molecule has 0 aromatic carbocycles. The molecular formula is C13H21ClN4. The fourth-order valence-corrected chi connectivity index (χ4v) is 2.46. The fourth-order valence-electron chi connectivity index (χ4n) is 2.26. The molecule has 0 fully saturated rings. The van der Waals surface area contributed by atoms with Crippen LogP contribution in [0.5, 0.6) is 0 Å². The first-order chi connectivity index (χ1) is 8.62. The van der Waals surface area contributed by atoms with Crippen LogP contribution in [0, 0.1) is 5.92 Å². The van der Waals surface area contributed by atoms with Gasteiger partial charge in [-0.25, -0.2) is 4.98 Å². The number of aryl methyl sites for hydroxylation is 2. The Morgan fingerprint density at radius 3 is 2.61 bits per heavy atom. The number of nitrogens with zero attached hydrogens (tertiary/aromatic N) is 4. The second-order valence-electron chi connectivity index (χ2n) is 4.88. The van der Waals surface area contributed by atoms with Gasteiger partial charge in [0.2, 0.25) is 0 Å². The molecule has 100 valence electrons. The summed E-state index contributed by atoms with van der Waals surface area (Å²) in [6.45, 7) is 7.52. The first-order valence-corrected chi connectivity index (χ1v) is 7.12. The summed E-state index contributed by atoms with van der Waals surface area (Å²) in [5.41, 5.74) is 3.17. The number of imidazole rings is 1. The third-order valence-electron chi connectivity index (χ3n) is 3.52. The maximum absolute atomic E-state index is 6.02. The molecule has 0 N–H and O–H groups in total. The third kappa shape index (κ3) is 2.14. The lowest BCUT2D eigenvalue weighted by Crippen LogP contribution is -2.11. The summed E-state index contributed by atoms with van der Waals surface area (Å²) in [4.78, 5) is 4.66. The van der Waals surface area contributed by atoms with Gasteiger partial charge >= 0.3 is 0 Å². The van der Waals surface area contributed by atoms with Crippen LogP contribution in [-0.4, -0.2) is 19.3 Å². The Balaban J connectivity index is 2.57. The summed E-state index contributed by atoms with van der Waals surface area (Å²) >= 11 is 6.02. The number of rotatable bonds is 5. The number of fused-ring (bicyclic) bond motifs is 1. The smallest absolute Gasteiger partial charge is 0.158 e. The van der Waals surface area contributed by atoms with Crippen LogP contribution < -0.4 is 0 Å². The van der Waals surface area contributed by atoms with Crippen LogP contribution in [0.4, 0.5) is 0 Å². The summed E-state index contributed by atoms with van der Waals surface area (Å²) in [5, 5.41) is 4.53. The maximum atomic E-state index is 6.02. The van der Waals surface area contributed by atoms with E-state index in [1.165, 1.54) is 0 Å². The third-order valence-corrected chi connectivity index (χ3v) is 3.76. The molecule has 0 aliphatic rings. The molecule has 0 saturated heterocycles. The quantitative estimate of drug-likeness (QED) is 0.781. The van der Waals surface area contributed by atoms with Gasteiger partial charge < -0.3 is 4.57 Å². The van der Waals surface area contributed by atoms with E-state index in [1.807, 2.05) is 11.7 Å². The summed E-state index contributed by atoms with van der Waals surface area (Å²) < 4.78 is 4.16. The number of hydrogen-bond acceptors (Lipinski definition) is 2. The molecule has 0 aliphatic heterocycles. The van der Waals surface area contributed by atoms with Gasteiger partial charge in [0.05, 0.1) is 11.6 Å². The van der Waals surface area contributed by atoms with E-state index in [-0.39, 0.29) is 0 Å². The molecule has 0 radical (unpaired) electrons. The highest BCUT2D eigenvalue weighted by molar-refractivity contribution is 6.16. The van der Waals surface area contributed by atoms with Gasteiger partial charge in [-0.1, -0.05) is 27.2 Å². The van der Waals surface area contributed by atoms with Crippen LogP contribution in [0.15, 0.2) is 0 Å². The van der Waals surface area contributed by atoms with Crippen molar-refractivity contribution in [3.05, 3.63) is 11.5 Å². The van der Waals surface area contributed by atoms with Gasteiger partial charge in [-0.2, -0.15) is 5.10 Å². The summed E-state index contributed by atoms with van der Waals surface area (Å²) in [7, 11) is 1.98. The SMILES string of the molecule is CCc1nn(C)c2c1nc(CCl)n2CC(C)CC. The van der Waals surface area contributed by atoms with Gasteiger partial charge in [0, 0.05) is 13.6 Å². The highest BCUT2D eigenvalue weighted by Crippen LogP contribution is 2.22. The molecule has 0 saturated carbocycles. The molecule has 2 heterocycles. The average Bonchev–Trinajstić information content (AvgIpc) is 2.88. The van der Waals surface area contributed by atoms with Crippen LogP contribution in [-0.2, 0) is 25.9 Å². The lowest BCUT2D eigenvalue weighted by atomic mass is 10.1. The van der Waals surface area contributed by atoms with Crippen LogP contribution in [0.3, 0.4) is 0 Å². The first kappa shape index (κ1) is 13.4. The predicted octanol–water partition coefficient (Wildman–Crippen LogP) is 3.12. The zero-order valence-corrected chi connectivity index (χ0v) is 12.3. The maximum Gasteiger partial charge on any atom is 0.158 e. The Morgan fingerprint density at radius 2 is 2.06 bits per heavy atom. The molecule has 1 unspecified atom stereocenters. The van der Waals surface area contributed by atoms with E-state index in [1.54, 1.807) is 0 Å². The van der Waals surface area contributed by atoms with Crippen molar-refractivity contribution in [2.24, 2.45) is 13.0 Å². The normalized spacial score (nSPS) is 13.4. The molecule has 0 aliphatic carbocycles. The van der Waals surface area contributed by atoms with Gasteiger partial charge in [0.1, 0.15) is 11.3 Å². The predicted molar refractivity (Wildman–Crippen MR) is 74.9 cm³/mol. The second-order valence-corrected chi connectivity index (χ2v) is 5.15. The molecule has 2 rings (SSSR count). The average molecular weight is 269 g/mol. The largest absolute Gasteiger partial charge is 0.312 e. The van der Waals surface area contributed by atoms with E-state index >= 15 is 0 Å². The molecule has 1 atom stereocenters. The Morgan fingerprint density at radius 1 is 1.33 bits per heavy atom. The zero-order chi connectivity index (χ0) is 13.3. The minimum absolute atomic E-state index is 0.453. The molecule has 2 aromatic heterocycles. The molecule has 5 heteroatoms. The Bertz CT molecular complexity index is 541. The molecule has 0 amide bonds. The minimum atomic E-state index is 0.453. The van der Waals surface area contributed by atoms with Crippen LogP contribution >= 0.6 is 11.6 Å². The van der Waals surface area contributed by atoms with E-state index in [9.17, 15) is 0 Å². The van der Waals surface area contributed by atoms with Crippen molar-refractivity contribution in [3.63, 3.8) is 0 Å². The van der Waals surface area contributed by atoms with E-state index in [4.69, 9.17) is 11.6 Å². The highest BCUT2D eigenvalue weighted by Gasteiger charge is 2.18. The Kier molecular flexibility index (Phi) is 3.95. The van der Waals surface area contributed by atoms with Crippen molar-refractivity contribution >= 4 is 22.8 Å². The summed E-state index contributed by atoms with van der Waals surface area (Å²) in [6.07, 6.45) is 2.05. The Hall–Kier alpha value is -1.03. The number of aromatic nitrogens is 4. The van der Waals surface area contributed by atoms with Crippen molar-refractivity contribution < 1.29 is 0 Å². The van der Waals surface area contributed by atoms with Crippen LogP contribution in [0.25, 0.3) is 11.2 Å². The standard InChI is InChI=1S/C13H21ClN4/c1-5-9(3)8-18-11(7-14)15-12-10(6-2)16-17(4)13(12)18/h9H,5-8H2,1-4H3. The number of alkyl halides is 1. The molecule has 0 bridgehead atoms. The van der Waals surface area contributed by atoms with Crippen molar-refractivity contribution in [1.29, 1.82) is 0 Å². The van der Waals surface area contributed by atoms with Crippen molar-refractivity contribution in [1.82, 2.24) is 19.3 Å². The van der Waals surface area contributed by atoms with Crippen LogP contribution in [0.1, 0.15) is 38.7 Å². The van der Waals surface area contributed by atoms with E-state index in [0.29, 0.717) is 11.8 Å². The van der Waals surface area contributed by atoms with Gasteiger partial charge in [-0.15, -0.1) is 11.6 Å². The highest BCUT2D eigenvalue weighted by atomic mass is 35.5. The van der Waals surface area contributed by atoms with Gasteiger partial charge in [0.15, 0.2) is 5.65 Å². The van der Waals surface area contributed by atoms with E-state index in [0.717, 1.165) is 42.1 Å². The van der Waals surface area contributed by atoms with Crippen molar-refractivity contribution in [3.8, 4) is 0 Å². The van der Waals surface area contributed by atoms with E-state index in [2.05, 4.69) is 35.4 Å². The topological polar surface area (TPSA) is 35.6 Å². The molecular weight excluding hydrogens is 248 g/mol. The fraction of sp³-hybridized carbons (Fsp3) is 0.692. The van der Waals surface area contributed by atoms with E-state index < -0.39 is 0 Å². The summed E-state index contributed by atoms with van der Waals surface area (Å²) in [5.74, 6) is 2.02. The van der Waals surface area contributed by atoms with Crippen LogP contribution in [0.2, 0.25) is 0 Å². The zero-order valence-electron chi connectivity index (χ0n) is 11.6. The second kappa shape index (κ2) is 5.31. The molecule has 18 heavy (non-hydrogen) atoms. The monoisotopic (exact) mass is 268 g/mol. The molecule has 0 spiro atoms. The lowest BCUT2D eigenvalue weighted by molar-refractivity contribution is 0.463. The summed E-state index contributed by atoms with van der Waals surface area (Å²) in [6, 6.07) is 0. The number of hydrogen-bond donors (Lipinski definition) is 0.